The van der Waals surface area contributed by atoms with E-state index in [1.54, 1.807) is 21.3 Å². The zero-order valence-electron chi connectivity index (χ0n) is 21.7. The average molecular weight is 510 g/mol. The maximum atomic E-state index is 12.5. The van der Waals surface area contributed by atoms with Gasteiger partial charge in [-0.1, -0.05) is 30.3 Å². The molecule has 4 rings (SSSR count). The van der Waals surface area contributed by atoms with Crippen molar-refractivity contribution in [3.05, 3.63) is 65.4 Å². The molecule has 1 amide bonds. The fraction of sp³-hybridized carbons (Fsp3) is 0.444. The number of nitrogens with zero attached hydrogens (tertiary/aromatic N) is 4. The molecular weight excluding hydrogens is 474 g/mol. The number of hydrogen-bond acceptors (Lipinski definition) is 9. The topological polar surface area (TPSA) is 102 Å². The fourth-order valence-electron chi connectivity index (χ4n) is 4.42. The van der Waals surface area contributed by atoms with Crippen molar-refractivity contribution in [1.82, 2.24) is 25.3 Å². The first kappa shape index (κ1) is 26.4. The second-order valence-corrected chi connectivity index (χ2v) is 8.92. The van der Waals surface area contributed by atoms with E-state index in [0.29, 0.717) is 36.1 Å². The number of piperazine rings is 1. The number of rotatable bonds is 12. The number of amides is 1. The van der Waals surface area contributed by atoms with Gasteiger partial charge < -0.3 is 28.8 Å². The molecule has 10 heteroatoms. The lowest BCUT2D eigenvalue weighted by atomic mass is 10.1. The third kappa shape index (κ3) is 7.21. The Kier molecular flexibility index (Phi) is 9.34. The molecular formula is C27H35N5O5. The van der Waals surface area contributed by atoms with Gasteiger partial charge in [-0.15, -0.1) is 10.2 Å². The van der Waals surface area contributed by atoms with Crippen molar-refractivity contribution < 1.29 is 23.4 Å². The quantitative estimate of drug-likeness (QED) is 0.369. The molecule has 0 unspecified atom stereocenters. The summed E-state index contributed by atoms with van der Waals surface area (Å²) in [5.41, 5.74) is 2.18. The van der Waals surface area contributed by atoms with Crippen LogP contribution in [0.25, 0.3) is 0 Å². The highest BCUT2D eigenvalue weighted by Crippen LogP contribution is 2.38. The normalized spacial score (nSPS) is 14.4. The van der Waals surface area contributed by atoms with E-state index >= 15 is 0 Å². The van der Waals surface area contributed by atoms with Gasteiger partial charge in [0.05, 0.1) is 27.8 Å². The number of benzene rings is 2. The van der Waals surface area contributed by atoms with E-state index in [4.69, 9.17) is 18.6 Å². The Hall–Kier alpha value is -3.63. The number of aromatic nitrogens is 2. The maximum absolute atomic E-state index is 12.5. The van der Waals surface area contributed by atoms with Gasteiger partial charge in [-0.2, -0.15) is 0 Å². The fourth-order valence-corrected chi connectivity index (χ4v) is 4.42. The highest BCUT2D eigenvalue weighted by Gasteiger charge is 2.19. The highest BCUT2D eigenvalue weighted by atomic mass is 16.5. The third-order valence-corrected chi connectivity index (χ3v) is 6.39. The van der Waals surface area contributed by atoms with Gasteiger partial charge in [-0.25, -0.2) is 0 Å². The second kappa shape index (κ2) is 13.1. The largest absolute Gasteiger partial charge is 0.493 e. The predicted molar refractivity (Wildman–Crippen MR) is 138 cm³/mol. The lowest BCUT2D eigenvalue weighted by Gasteiger charge is -2.34. The van der Waals surface area contributed by atoms with Gasteiger partial charge in [-0.05, 0) is 36.2 Å². The molecule has 1 aliphatic heterocycles. The molecule has 0 saturated carbocycles. The van der Waals surface area contributed by atoms with Crippen LogP contribution in [-0.4, -0.2) is 86.5 Å². The van der Waals surface area contributed by atoms with Crippen LogP contribution in [-0.2, 0) is 13.0 Å². The summed E-state index contributed by atoms with van der Waals surface area (Å²) in [5, 5.41) is 10.8. The van der Waals surface area contributed by atoms with E-state index in [9.17, 15) is 4.79 Å². The van der Waals surface area contributed by atoms with Gasteiger partial charge in [0.15, 0.2) is 11.5 Å². The van der Waals surface area contributed by atoms with Crippen LogP contribution < -0.4 is 19.5 Å². The van der Waals surface area contributed by atoms with Gasteiger partial charge in [0.1, 0.15) is 0 Å². The lowest BCUT2D eigenvalue weighted by Crippen LogP contribution is -2.46. The first-order valence-corrected chi connectivity index (χ1v) is 12.5. The molecule has 1 N–H and O–H groups in total. The van der Waals surface area contributed by atoms with E-state index < -0.39 is 0 Å². The zero-order valence-corrected chi connectivity index (χ0v) is 21.7. The number of hydrogen-bond donors (Lipinski definition) is 1. The van der Waals surface area contributed by atoms with Crippen molar-refractivity contribution in [2.75, 3.05) is 60.6 Å². The van der Waals surface area contributed by atoms with Crippen LogP contribution in [0.2, 0.25) is 0 Å². The van der Waals surface area contributed by atoms with E-state index in [0.717, 1.165) is 51.3 Å². The molecule has 0 aliphatic carbocycles. The minimum Gasteiger partial charge on any atom is -0.493 e. The number of methoxy groups -OCH3 is 3. The Labute approximate surface area is 217 Å². The van der Waals surface area contributed by atoms with Gasteiger partial charge in [0, 0.05) is 39.3 Å². The molecule has 2 aromatic carbocycles. The smallest absolute Gasteiger partial charge is 0.308 e. The Balaban J connectivity index is 1.19. The van der Waals surface area contributed by atoms with Crippen molar-refractivity contribution >= 4 is 5.91 Å². The van der Waals surface area contributed by atoms with Crippen LogP contribution in [0.15, 0.2) is 46.9 Å². The van der Waals surface area contributed by atoms with E-state index in [-0.39, 0.29) is 11.8 Å². The number of carbonyl (C=O) groups excluding carboxylic acids is 1. The number of carbonyl (C=O) groups is 1. The Morgan fingerprint density at radius 3 is 2.24 bits per heavy atom. The summed E-state index contributed by atoms with van der Waals surface area (Å²) >= 11 is 0. The number of nitrogens with one attached hydrogen (secondary N) is 1. The molecule has 1 aromatic heterocycles. The first-order chi connectivity index (χ1) is 18.1. The van der Waals surface area contributed by atoms with Gasteiger partial charge in [-0.3, -0.25) is 9.69 Å². The van der Waals surface area contributed by atoms with Crippen LogP contribution in [0.5, 0.6) is 17.2 Å². The minimum absolute atomic E-state index is 0.0445. The molecule has 2 heterocycles. The van der Waals surface area contributed by atoms with Crippen molar-refractivity contribution in [2.45, 2.75) is 19.4 Å². The summed E-state index contributed by atoms with van der Waals surface area (Å²) in [6, 6.07) is 14.2. The van der Waals surface area contributed by atoms with Gasteiger partial charge in [0.25, 0.3) is 0 Å². The van der Waals surface area contributed by atoms with E-state index in [1.807, 2.05) is 12.1 Å². The Morgan fingerprint density at radius 2 is 1.59 bits per heavy atom. The third-order valence-electron chi connectivity index (χ3n) is 6.39. The summed E-state index contributed by atoms with van der Waals surface area (Å²) < 4.78 is 21.7. The molecule has 1 fully saturated rings. The molecule has 1 aliphatic rings. The van der Waals surface area contributed by atoms with Crippen molar-refractivity contribution in [3.63, 3.8) is 0 Å². The number of ether oxygens (including phenoxy) is 3. The monoisotopic (exact) mass is 509 g/mol. The molecule has 10 nitrogen and oxygen atoms in total. The lowest BCUT2D eigenvalue weighted by molar-refractivity contribution is 0.0911. The molecule has 198 valence electrons. The van der Waals surface area contributed by atoms with Gasteiger partial charge in [0.2, 0.25) is 11.6 Å². The Bertz CT molecular complexity index is 1120. The van der Waals surface area contributed by atoms with Crippen LogP contribution >= 0.6 is 0 Å². The average Bonchev–Trinajstić information content (AvgIpc) is 3.40. The molecule has 0 spiro atoms. The standard InChI is InChI=1S/C27H35N5O5/c1-34-22-16-21(17-23(35-2)25(22)36-3)18-24-29-30-27(37-24)26(33)28-10-7-11-31-12-14-32(15-13-31)19-20-8-5-4-6-9-20/h4-6,8-9,16-17H,7,10-15,18-19H2,1-3H3,(H,28,33). The molecule has 0 radical (unpaired) electrons. The Morgan fingerprint density at radius 1 is 0.919 bits per heavy atom. The first-order valence-electron chi connectivity index (χ1n) is 12.5. The van der Waals surface area contributed by atoms with Crippen LogP contribution in [0, 0.1) is 0 Å². The maximum Gasteiger partial charge on any atom is 0.308 e. The molecule has 3 aromatic rings. The van der Waals surface area contributed by atoms with E-state index in [1.165, 1.54) is 5.56 Å². The second-order valence-electron chi connectivity index (χ2n) is 8.92. The molecule has 0 bridgehead atoms. The van der Waals surface area contributed by atoms with Crippen LogP contribution in [0.3, 0.4) is 0 Å². The zero-order chi connectivity index (χ0) is 26.0. The van der Waals surface area contributed by atoms with Crippen LogP contribution in [0.1, 0.15) is 34.1 Å². The summed E-state index contributed by atoms with van der Waals surface area (Å²) in [7, 11) is 4.67. The summed E-state index contributed by atoms with van der Waals surface area (Å²) in [5.74, 6) is 1.49. The predicted octanol–water partition coefficient (Wildman–Crippen LogP) is 2.62. The summed E-state index contributed by atoms with van der Waals surface area (Å²) in [4.78, 5) is 17.4. The summed E-state index contributed by atoms with van der Waals surface area (Å²) in [6.07, 6.45) is 1.18. The highest BCUT2D eigenvalue weighted by molar-refractivity contribution is 5.89. The van der Waals surface area contributed by atoms with E-state index in [2.05, 4.69) is 55.6 Å². The molecule has 1 saturated heterocycles. The molecule has 37 heavy (non-hydrogen) atoms. The molecule has 0 atom stereocenters. The van der Waals surface area contributed by atoms with Crippen molar-refractivity contribution in [2.24, 2.45) is 0 Å². The van der Waals surface area contributed by atoms with Crippen LogP contribution in [0.4, 0.5) is 0 Å². The minimum atomic E-state index is -0.365. The summed E-state index contributed by atoms with van der Waals surface area (Å²) in [6.45, 7) is 6.67. The SMILES string of the molecule is COc1cc(Cc2nnc(C(=O)NCCCN3CCN(Cc4ccccc4)CC3)o2)cc(OC)c1OC. The van der Waals surface area contributed by atoms with Crippen molar-refractivity contribution in [3.8, 4) is 17.2 Å². The van der Waals surface area contributed by atoms with Gasteiger partial charge >= 0.3 is 11.8 Å². The van der Waals surface area contributed by atoms with Crippen molar-refractivity contribution in [1.29, 1.82) is 0 Å².